The van der Waals surface area contributed by atoms with Gasteiger partial charge in [0.2, 0.25) is 5.60 Å². The fourth-order valence-corrected chi connectivity index (χ4v) is 4.44. The molecule has 1 aliphatic heterocycles. The summed E-state index contributed by atoms with van der Waals surface area (Å²) in [5.41, 5.74) is -2.76. The second-order valence-corrected chi connectivity index (χ2v) is 13.7. The standard InChI is InChI=1S/C19H29N3O6Si/c1-12-15(28-29(6,7)18(3,4)5)19(10-20,11-26-13(2)23)27-16(12)22-9-8-14(24)21-17(22)25/h8-9,12,15-16H,11H2,1-7H3,(H,21,24,25). The lowest BCUT2D eigenvalue weighted by atomic mass is 9.92. The highest BCUT2D eigenvalue weighted by atomic mass is 28.4. The predicted molar refractivity (Wildman–Crippen MR) is 108 cm³/mol. The summed E-state index contributed by atoms with van der Waals surface area (Å²) in [6.45, 7) is 13.1. The molecule has 0 bridgehead atoms. The molecule has 0 amide bonds. The third-order valence-electron chi connectivity index (χ3n) is 5.75. The molecular formula is C19H29N3O6Si. The van der Waals surface area contributed by atoms with Crippen LogP contribution in [-0.4, -0.2) is 42.1 Å². The predicted octanol–water partition coefficient (Wildman–Crippen LogP) is 1.92. The van der Waals surface area contributed by atoms with Gasteiger partial charge in [-0.15, -0.1) is 0 Å². The Hall–Kier alpha value is -2.22. The van der Waals surface area contributed by atoms with Crippen LogP contribution in [0.5, 0.6) is 0 Å². The Balaban J connectivity index is 2.53. The molecule has 2 heterocycles. The molecule has 9 nitrogen and oxygen atoms in total. The molecule has 0 aliphatic carbocycles. The first-order valence-electron chi connectivity index (χ1n) is 9.46. The lowest BCUT2D eigenvalue weighted by Gasteiger charge is -2.41. The second kappa shape index (κ2) is 7.89. The van der Waals surface area contributed by atoms with Crippen LogP contribution in [0.4, 0.5) is 0 Å². The Morgan fingerprint density at radius 1 is 1.41 bits per heavy atom. The molecule has 1 aromatic heterocycles. The van der Waals surface area contributed by atoms with E-state index < -0.39 is 49.4 Å². The van der Waals surface area contributed by atoms with Crippen molar-refractivity contribution in [3.05, 3.63) is 33.1 Å². The van der Waals surface area contributed by atoms with Gasteiger partial charge in [-0.05, 0) is 18.1 Å². The molecule has 160 valence electrons. The molecule has 4 unspecified atom stereocenters. The summed E-state index contributed by atoms with van der Waals surface area (Å²) in [6.07, 6.45) is -0.286. The average Bonchev–Trinajstić information content (AvgIpc) is 2.85. The van der Waals surface area contributed by atoms with E-state index in [0.717, 1.165) is 0 Å². The zero-order chi connectivity index (χ0) is 22.2. The maximum atomic E-state index is 12.3. The number of aromatic amines is 1. The first-order chi connectivity index (χ1) is 13.2. The van der Waals surface area contributed by atoms with E-state index in [9.17, 15) is 19.6 Å². The third-order valence-corrected chi connectivity index (χ3v) is 10.2. The molecule has 1 aromatic rings. The van der Waals surface area contributed by atoms with Crippen LogP contribution < -0.4 is 11.2 Å². The Morgan fingerprint density at radius 2 is 2.03 bits per heavy atom. The number of H-pyrrole nitrogens is 1. The van der Waals surface area contributed by atoms with E-state index in [1.807, 2.05) is 20.0 Å². The number of carbonyl (C=O) groups is 1. The first-order valence-corrected chi connectivity index (χ1v) is 12.4. The van der Waals surface area contributed by atoms with Crippen molar-refractivity contribution in [1.29, 1.82) is 5.26 Å². The van der Waals surface area contributed by atoms with Crippen LogP contribution in [0.25, 0.3) is 0 Å². The number of rotatable bonds is 5. The monoisotopic (exact) mass is 423 g/mol. The molecule has 1 fully saturated rings. The second-order valence-electron chi connectivity index (χ2n) is 8.97. The zero-order valence-electron chi connectivity index (χ0n) is 17.9. The van der Waals surface area contributed by atoms with Crippen molar-refractivity contribution in [2.45, 2.75) is 70.7 Å². The van der Waals surface area contributed by atoms with Gasteiger partial charge in [-0.25, -0.2) is 4.79 Å². The first kappa shape index (κ1) is 23.1. The summed E-state index contributed by atoms with van der Waals surface area (Å²) in [7, 11) is -2.34. The summed E-state index contributed by atoms with van der Waals surface area (Å²) >= 11 is 0. The van der Waals surface area contributed by atoms with Crippen LogP contribution >= 0.6 is 0 Å². The van der Waals surface area contributed by atoms with Gasteiger partial charge in [0, 0.05) is 25.1 Å². The van der Waals surface area contributed by atoms with E-state index in [0.29, 0.717) is 0 Å². The average molecular weight is 424 g/mol. The molecule has 1 N–H and O–H groups in total. The van der Waals surface area contributed by atoms with E-state index in [1.165, 1.54) is 23.8 Å². The van der Waals surface area contributed by atoms with Crippen LogP contribution in [-0.2, 0) is 18.7 Å². The van der Waals surface area contributed by atoms with Crippen LogP contribution in [0.15, 0.2) is 21.9 Å². The van der Waals surface area contributed by atoms with E-state index >= 15 is 0 Å². The molecular weight excluding hydrogens is 394 g/mol. The number of nitrogens with zero attached hydrogens (tertiary/aromatic N) is 2. The minimum atomic E-state index is -2.34. The lowest BCUT2D eigenvalue weighted by molar-refractivity contribution is -0.153. The van der Waals surface area contributed by atoms with Gasteiger partial charge in [0.1, 0.15) is 18.9 Å². The fourth-order valence-electron chi connectivity index (χ4n) is 3.05. The molecule has 2 rings (SSSR count). The highest BCUT2D eigenvalue weighted by Crippen LogP contribution is 2.47. The van der Waals surface area contributed by atoms with Crippen LogP contribution in [0.3, 0.4) is 0 Å². The molecule has 1 aliphatic rings. The van der Waals surface area contributed by atoms with Gasteiger partial charge in [0.25, 0.3) is 5.56 Å². The third kappa shape index (κ3) is 4.52. The molecule has 0 saturated carbocycles. The number of aromatic nitrogens is 2. The van der Waals surface area contributed by atoms with Crippen molar-refractivity contribution in [3.63, 3.8) is 0 Å². The molecule has 0 radical (unpaired) electrons. The summed E-state index contributed by atoms with van der Waals surface area (Å²) in [4.78, 5) is 37.4. The maximum absolute atomic E-state index is 12.3. The highest BCUT2D eigenvalue weighted by molar-refractivity contribution is 6.74. The zero-order valence-corrected chi connectivity index (χ0v) is 18.9. The quantitative estimate of drug-likeness (QED) is 0.567. The van der Waals surface area contributed by atoms with Gasteiger partial charge in [0.15, 0.2) is 8.32 Å². The van der Waals surface area contributed by atoms with Gasteiger partial charge in [0.05, 0.1) is 6.10 Å². The summed E-state index contributed by atoms with van der Waals surface area (Å²) < 4.78 is 18.9. The Labute approximate surface area is 170 Å². The normalized spacial score (nSPS) is 27.4. The number of hydrogen-bond donors (Lipinski definition) is 1. The highest BCUT2D eigenvalue weighted by Gasteiger charge is 2.59. The Kier molecular flexibility index (Phi) is 6.28. The van der Waals surface area contributed by atoms with Crippen molar-refractivity contribution in [1.82, 2.24) is 9.55 Å². The largest absolute Gasteiger partial charge is 0.462 e. The number of ether oxygens (including phenoxy) is 2. The van der Waals surface area contributed by atoms with Gasteiger partial charge < -0.3 is 13.9 Å². The molecule has 0 spiro atoms. The van der Waals surface area contributed by atoms with E-state index in [4.69, 9.17) is 13.9 Å². The number of nitriles is 1. The number of carbonyl (C=O) groups excluding carboxylic acids is 1. The van der Waals surface area contributed by atoms with E-state index in [-0.39, 0.29) is 11.6 Å². The van der Waals surface area contributed by atoms with Crippen molar-refractivity contribution in [3.8, 4) is 6.07 Å². The van der Waals surface area contributed by atoms with Crippen LogP contribution in [0.2, 0.25) is 18.1 Å². The Morgan fingerprint density at radius 3 is 2.52 bits per heavy atom. The topological polar surface area (TPSA) is 123 Å². The van der Waals surface area contributed by atoms with Gasteiger partial charge in [-0.3, -0.25) is 19.1 Å². The number of hydrogen-bond acceptors (Lipinski definition) is 7. The summed E-state index contributed by atoms with van der Waals surface area (Å²) in [5.74, 6) is -0.977. The minimum Gasteiger partial charge on any atom is -0.462 e. The fraction of sp³-hybridized carbons (Fsp3) is 0.684. The number of esters is 1. The Bertz CT molecular complexity index is 925. The van der Waals surface area contributed by atoms with Gasteiger partial charge in [-0.2, -0.15) is 5.26 Å². The number of nitrogens with one attached hydrogen (secondary N) is 1. The lowest BCUT2D eigenvalue weighted by Crippen LogP contribution is -2.53. The molecule has 10 heteroatoms. The van der Waals surface area contributed by atoms with Gasteiger partial charge in [-0.1, -0.05) is 27.7 Å². The maximum Gasteiger partial charge on any atom is 0.330 e. The van der Waals surface area contributed by atoms with Gasteiger partial charge >= 0.3 is 11.7 Å². The van der Waals surface area contributed by atoms with E-state index in [2.05, 4.69) is 31.8 Å². The minimum absolute atomic E-state index is 0.137. The smallest absolute Gasteiger partial charge is 0.330 e. The molecule has 1 saturated heterocycles. The molecule has 0 aromatic carbocycles. The van der Waals surface area contributed by atoms with Crippen LogP contribution in [0.1, 0.15) is 40.8 Å². The van der Waals surface area contributed by atoms with Crippen molar-refractivity contribution >= 4 is 14.3 Å². The van der Waals surface area contributed by atoms with Crippen molar-refractivity contribution in [2.24, 2.45) is 5.92 Å². The SMILES string of the molecule is CC(=O)OCC1(C#N)OC(n2ccc(=O)[nH]c2=O)C(C)C1O[Si](C)(C)C(C)(C)C. The van der Waals surface area contributed by atoms with Crippen LogP contribution in [0, 0.1) is 17.2 Å². The molecule has 29 heavy (non-hydrogen) atoms. The van der Waals surface area contributed by atoms with Crippen molar-refractivity contribution < 1.29 is 18.7 Å². The van der Waals surface area contributed by atoms with Crippen molar-refractivity contribution in [2.75, 3.05) is 6.61 Å². The summed E-state index contributed by atoms with van der Waals surface area (Å²) in [6, 6.07) is 3.34. The summed E-state index contributed by atoms with van der Waals surface area (Å²) in [5, 5.41) is 9.88. The van der Waals surface area contributed by atoms with E-state index in [1.54, 1.807) is 0 Å². The molecule has 4 atom stereocenters.